The van der Waals surface area contributed by atoms with E-state index in [1.807, 2.05) is 19.9 Å². The van der Waals surface area contributed by atoms with E-state index in [2.05, 4.69) is 11.0 Å². The van der Waals surface area contributed by atoms with Crippen LogP contribution in [0.4, 0.5) is 0 Å². The van der Waals surface area contributed by atoms with Crippen molar-refractivity contribution in [2.45, 2.75) is 20.3 Å². The van der Waals surface area contributed by atoms with Gasteiger partial charge in [-0.15, -0.1) is 0 Å². The Hall–Kier alpha value is -1.39. The largest absolute Gasteiger partial charge is 0.493 e. The Morgan fingerprint density at radius 1 is 1.19 bits per heavy atom. The molecule has 0 bridgehead atoms. The number of ketones is 1. The minimum absolute atomic E-state index is 0.0331. The van der Waals surface area contributed by atoms with E-state index in [-0.39, 0.29) is 11.7 Å². The first-order valence-electron chi connectivity index (χ1n) is 7.73. The van der Waals surface area contributed by atoms with Crippen molar-refractivity contribution in [3.63, 3.8) is 0 Å². The number of carbonyl (C=O) groups is 1. The minimum Gasteiger partial charge on any atom is -0.493 e. The molecule has 1 aromatic rings. The minimum atomic E-state index is 0.0331. The van der Waals surface area contributed by atoms with Crippen LogP contribution in [0.1, 0.15) is 27.9 Å². The zero-order chi connectivity index (χ0) is 14.8. The Morgan fingerprint density at radius 3 is 2.71 bits per heavy atom. The summed E-state index contributed by atoms with van der Waals surface area (Å²) < 4.78 is 11.2. The molecule has 1 unspecified atom stereocenters. The van der Waals surface area contributed by atoms with Gasteiger partial charge in [-0.2, -0.15) is 0 Å². The van der Waals surface area contributed by atoms with E-state index in [4.69, 9.17) is 9.47 Å². The molecule has 0 aromatic heterocycles. The van der Waals surface area contributed by atoms with E-state index in [0.717, 1.165) is 61.7 Å². The van der Waals surface area contributed by atoms with Gasteiger partial charge in [-0.3, -0.25) is 9.69 Å². The van der Waals surface area contributed by atoms with Crippen LogP contribution < -0.4 is 4.74 Å². The topological polar surface area (TPSA) is 38.8 Å². The molecule has 0 radical (unpaired) electrons. The highest BCUT2D eigenvalue weighted by Gasteiger charge is 2.30. The lowest BCUT2D eigenvalue weighted by Crippen LogP contribution is -2.41. The van der Waals surface area contributed by atoms with Gasteiger partial charge in [0.2, 0.25) is 0 Å². The van der Waals surface area contributed by atoms with Crippen LogP contribution in [0.5, 0.6) is 5.75 Å². The van der Waals surface area contributed by atoms with E-state index < -0.39 is 0 Å². The molecular weight excluding hydrogens is 266 g/mol. The third kappa shape index (κ3) is 3.11. The number of benzene rings is 1. The van der Waals surface area contributed by atoms with Gasteiger partial charge in [0.25, 0.3) is 0 Å². The molecule has 2 aliphatic heterocycles. The molecule has 0 saturated carbocycles. The summed E-state index contributed by atoms with van der Waals surface area (Å²) in [5.74, 6) is 1.04. The van der Waals surface area contributed by atoms with Crippen LogP contribution in [0, 0.1) is 19.8 Å². The summed E-state index contributed by atoms with van der Waals surface area (Å²) in [6.45, 7) is 8.86. The first-order chi connectivity index (χ1) is 10.1. The average Bonchev–Trinajstić information content (AvgIpc) is 2.60. The van der Waals surface area contributed by atoms with Gasteiger partial charge in [0.15, 0.2) is 5.78 Å². The quantitative estimate of drug-likeness (QED) is 0.837. The SMILES string of the molecule is Cc1cc(C)c2c(c1)OCCC(CN1CCOCC1)C2=O. The number of carbonyl (C=O) groups excluding carboxylic acids is 1. The van der Waals surface area contributed by atoms with E-state index in [0.29, 0.717) is 6.61 Å². The number of ether oxygens (including phenoxy) is 2. The second-order valence-corrected chi connectivity index (χ2v) is 6.07. The molecule has 0 spiro atoms. The number of aryl methyl sites for hydroxylation is 2. The highest BCUT2D eigenvalue weighted by molar-refractivity contribution is 6.02. The van der Waals surface area contributed by atoms with Crippen LogP contribution in [0.15, 0.2) is 12.1 Å². The summed E-state index contributed by atoms with van der Waals surface area (Å²) in [6.07, 6.45) is 0.795. The zero-order valence-electron chi connectivity index (χ0n) is 12.9. The molecule has 0 aliphatic carbocycles. The van der Waals surface area contributed by atoms with Crippen LogP contribution >= 0.6 is 0 Å². The van der Waals surface area contributed by atoms with Crippen LogP contribution in [0.25, 0.3) is 0 Å². The highest BCUT2D eigenvalue weighted by atomic mass is 16.5. The first kappa shape index (κ1) is 14.5. The van der Waals surface area contributed by atoms with Crippen molar-refractivity contribution in [3.05, 3.63) is 28.8 Å². The maximum Gasteiger partial charge on any atom is 0.171 e. The van der Waals surface area contributed by atoms with E-state index in [1.165, 1.54) is 0 Å². The predicted molar refractivity (Wildman–Crippen MR) is 81.1 cm³/mol. The lowest BCUT2D eigenvalue weighted by molar-refractivity contribution is 0.0291. The number of Topliss-reactive ketones (excluding diaryl/α,β-unsaturated/α-hetero) is 1. The summed E-state index contributed by atoms with van der Waals surface area (Å²) in [7, 11) is 0. The van der Waals surface area contributed by atoms with Crippen molar-refractivity contribution < 1.29 is 14.3 Å². The van der Waals surface area contributed by atoms with Gasteiger partial charge in [-0.05, 0) is 37.5 Å². The van der Waals surface area contributed by atoms with Crippen molar-refractivity contribution in [3.8, 4) is 5.75 Å². The second-order valence-electron chi connectivity index (χ2n) is 6.07. The summed E-state index contributed by atoms with van der Waals surface area (Å²) in [6, 6.07) is 4.05. The van der Waals surface area contributed by atoms with E-state index >= 15 is 0 Å². The van der Waals surface area contributed by atoms with Crippen molar-refractivity contribution in [1.29, 1.82) is 0 Å². The molecular formula is C17H23NO3. The number of morpholine rings is 1. The average molecular weight is 289 g/mol. The Labute approximate surface area is 126 Å². The third-order valence-electron chi connectivity index (χ3n) is 4.37. The van der Waals surface area contributed by atoms with Gasteiger partial charge in [0.05, 0.1) is 25.4 Å². The molecule has 1 fully saturated rings. The lowest BCUT2D eigenvalue weighted by atomic mass is 9.91. The monoisotopic (exact) mass is 289 g/mol. The molecule has 0 amide bonds. The van der Waals surface area contributed by atoms with Crippen molar-refractivity contribution in [2.75, 3.05) is 39.5 Å². The normalized spacial score (nSPS) is 23.3. The van der Waals surface area contributed by atoms with Crippen LogP contribution in [-0.2, 0) is 4.74 Å². The van der Waals surface area contributed by atoms with Crippen LogP contribution in [0.2, 0.25) is 0 Å². The fraction of sp³-hybridized carbons (Fsp3) is 0.588. The summed E-state index contributed by atoms with van der Waals surface area (Å²) in [4.78, 5) is 15.2. The van der Waals surface area contributed by atoms with Gasteiger partial charge in [-0.25, -0.2) is 0 Å². The fourth-order valence-corrected chi connectivity index (χ4v) is 3.27. The summed E-state index contributed by atoms with van der Waals surface area (Å²) in [5.41, 5.74) is 2.96. The van der Waals surface area contributed by atoms with Gasteiger partial charge in [0.1, 0.15) is 5.75 Å². The van der Waals surface area contributed by atoms with Gasteiger partial charge < -0.3 is 9.47 Å². The number of nitrogens with zero attached hydrogens (tertiary/aromatic N) is 1. The molecule has 3 rings (SSSR count). The predicted octanol–water partition coefficient (Wildman–Crippen LogP) is 2.22. The number of hydrogen-bond donors (Lipinski definition) is 0. The van der Waals surface area contributed by atoms with E-state index in [9.17, 15) is 4.79 Å². The fourth-order valence-electron chi connectivity index (χ4n) is 3.27. The first-order valence-corrected chi connectivity index (χ1v) is 7.73. The standard InChI is InChI=1S/C17H23NO3/c1-12-9-13(2)16-15(10-12)21-6-3-14(17(16)19)11-18-4-7-20-8-5-18/h9-10,14H,3-8,11H2,1-2H3. The molecule has 0 N–H and O–H groups in total. The smallest absolute Gasteiger partial charge is 0.171 e. The van der Waals surface area contributed by atoms with Crippen LogP contribution in [0.3, 0.4) is 0 Å². The molecule has 1 saturated heterocycles. The van der Waals surface area contributed by atoms with Crippen molar-refractivity contribution >= 4 is 5.78 Å². The third-order valence-corrected chi connectivity index (χ3v) is 4.37. The Balaban J connectivity index is 1.82. The molecule has 1 aromatic carbocycles. The lowest BCUT2D eigenvalue weighted by Gasteiger charge is -2.29. The molecule has 4 heteroatoms. The summed E-state index contributed by atoms with van der Waals surface area (Å²) >= 11 is 0. The van der Waals surface area contributed by atoms with Gasteiger partial charge >= 0.3 is 0 Å². The summed E-state index contributed by atoms with van der Waals surface area (Å²) in [5, 5.41) is 0. The molecule has 21 heavy (non-hydrogen) atoms. The van der Waals surface area contributed by atoms with Crippen molar-refractivity contribution in [1.82, 2.24) is 4.90 Å². The molecule has 4 nitrogen and oxygen atoms in total. The Bertz CT molecular complexity index is 535. The molecule has 2 heterocycles. The van der Waals surface area contributed by atoms with Gasteiger partial charge in [-0.1, -0.05) is 6.07 Å². The van der Waals surface area contributed by atoms with Crippen LogP contribution in [-0.4, -0.2) is 50.1 Å². The number of hydrogen-bond acceptors (Lipinski definition) is 4. The molecule has 2 aliphatic rings. The molecule has 114 valence electrons. The molecule has 1 atom stereocenters. The van der Waals surface area contributed by atoms with Crippen molar-refractivity contribution in [2.24, 2.45) is 5.92 Å². The maximum atomic E-state index is 12.9. The highest BCUT2D eigenvalue weighted by Crippen LogP contribution is 2.31. The van der Waals surface area contributed by atoms with Gasteiger partial charge in [0, 0.05) is 25.6 Å². The zero-order valence-corrected chi connectivity index (χ0v) is 12.9. The number of rotatable bonds is 2. The Morgan fingerprint density at radius 2 is 1.95 bits per heavy atom. The number of fused-ring (bicyclic) bond motifs is 1. The second kappa shape index (κ2) is 6.16. The van der Waals surface area contributed by atoms with E-state index in [1.54, 1.807) is 0 Å². The Kier molecular flexibility index (Phi) is 4.27. The maximum absolute atomic E-state index is 12.9.